The molecule has 3 heterocycles. The topological polar surface area (TPSA) is 141 Å². The largest absolute Gasteiger partial charge is 0.573 e. The summed E-state index contributed by atoms with van der Waals surface area (Å²) >= 11 is 0. The molecule has 0 bridgehead atoms. The van der Waals surface area contributed by atoms with Crippen molar-refractivity contribution in [3.05, 3.63) is 54.5 Å². The van der Waals surface area contributed by atoms with Gasteiger partial charge in [0.05, 0.1) is 38.6 Å². The zero-order valence-electron chi connectivity index (χ0n) is 23.7. The van der Waals surface area contributed by atoms with Crippen LogP contribution in [-0.4, -0.2) is 71.9 Å². The third kappa shape index (κ3) is 6.54. The van der Waals surface area contributed by atoms with E-state index < -0.39 is 36.1 Å². The first kappa shape index (κ1) is 30.2. The summed E-state index contributed by atoms with van der Waals surface area (Å²) in [5, 5.41) is 2.62. The smallest absolute Gasteiger partial charge is 0.453 e. The lowest BCUT2D eigenvalue weighted by atomic mass is 10.0. The summed E-state index contributed by atoms with van der Waals surface area (Å²) in [5.74, 6) is -1.47. The number of nitrogens with zero attached hydrogens (tertiary/aromatic N) is 2. The van der Waals surface area contributed by atoms with E-state index in [1.54, 1.807) is 35.4 Å². The van der Waals surface area contributed by atoms with Crippen LogP contribution in [0, 0.1) is 5.92 Å². The van der Waals surface area contributed by atoms with Crippen LogP contribution in [0.25, 0.3) is 22.4 Å². The highest BCUT2D eigenvalue weighted by Crippen LogP contribution is 2.43. The molecule has 43 heavy (non-hydrogen) atoms. The van der Waals surface area contributed by atoms with Crippen molar-refractivity contribution in [3.8, 4) is 28.1 Å². The molecule has 4 N–H and O–H groups in total. The number of methoxy groups -OCH3 is 1. The molecular weight excluding hydrogens is 571 g/mol. The van der Waals surface area contributed by atoms with E-state index in [4.69, 9.17) is 24.9 Å². The predicted octanol–water partition coefficient (Wildman–Crippen LogP) is 4.62. The van der Waals surface area contributed by atoms with Crippen LogP contribution in [0.3, 0.4) is 0 Å². The van der Waals surface area contributed by atoms with Crippen molar-refractivity contribution in [2.75, 3.05) is 32.6 Å². The number of likely N-dealkylation sites (tertiary alicyclic amines) is 1. The van der Waals surface area contributed by atoms with Crippen molar-refractivity contribution in [1.82, 2.24) is 20.2 Å². The number of rotatable bonds is 7. The number of benzene rings is 2. The van der Waals surface area contributed by atoms with Gasteiger partial charge < -0.3 is 39.9 Å². The lowest BCUT2D eigenvalue weighted by Gasteiger charge is -2.30. The molecule has 1 spiro atoms. The molecule has 14 heteroatoms. The SMILES string of the molecule is COC(=O)N[C@H](C(=O)N1CC2(C[C@H]1c1nc(-c3ccc(-c4ccc(N)cc4OC(F)(F)F)cc3)c[nH]1)OCCO2)C(C)C. The maximum absolute atomic E-state index is 13.8. The number of alkyl carbamates (subject to hydrolysis) is 1. The van der Waals surface area contributed by atoms with Gasteiger partial charge in [-0.25, -0.2) is 9.78 Å². The van der Waals surface area contributed by atoms with Gasteiger partial charge in [0, 0.05) is 35.5 Å². The molecule has 2 saturated heterocycles. The average Bonchev–Trinajstić information content (AvgIpc) is 3.71. The Morgan fingerprint density at radius 2 is 1.81 bits per heavy atom. The minimum Gasteiger partial charge on any atom is -0.453 e. The molecule has 2 aliphatic heterocycles. The van der Waals surface area contributed by atoms with Gasteiger partial charge in [0.15, 0.2) is 5.79 Å². The minimum atomic E-state index is -4.87. The summed E-state index contributed by atoms with van der Waals surface area (Å²) in [7, 11) is 1.23. The van der Waals surface area contributed by atoms with Crippen molar-refractivity contribution >= 4 is 17.7 Å². The van der Waals surface area contributed by atoms with E-state index in [0.29, 0.717) is 42.3 Å². The molecule has 1 aromatic heterocycles. The number of amides is 2. The van der Waals surface area contributed by atoms with Crippen molar-refractivity contribution in [1.29, 1.82) is 0 Å². The van der Waals surface area contributed by atoms with E-state index in [9.17, 15) is 22.8 Å². The van der Waals surface area contributed by atoms with Crippen LogP contribution in [0.4, 0.5) is 23.7 Å². The monoisotopic (exact) mass is 603 g/mol. The van der Waals surface area contributed by atoms with E-state index in [-0.39, 0.29) is 29.6 Å². The second kappa shape index (κ2) is 11.8. The number of anilines is 1. The minimum absolute atomic E-state index is 0.138. The molecule has 0 unspecified atom stereocenters. The Bertz CT molecular complexity index is 1470. The first-order chi connectivity index (χ1) is 20.4. The first-order valence-corrected chi connectivity index (χ1v) is 13.6. The summed E-state index contributed by atoms with van der Waals surface area (Å²) in [6.07, 6.45) is -3.58. The van der Waals surface area contributed by atoms with Gasteiger partial charge >= 0.3 is 12.5 Å². The molecule has 0 aliphatic carbocycles. The number of nitrogen functional groups attached to an aromatic ring is 1. The maximum Gasteiger partial charge on any atom is 0.573 e. The quantitative estimate of drug-likeness (QED) is 0.332. The molecule has 2 aromatic carbocycles. The molecule has 2 fully saturated rings. The fourth-order valence-corrected chi connectivity index (χ4v) is 5.36. The van der Waals surface area contributed by atoms with Crippen LogP contribution in [0.1, 0.15) is 32.1 Å². The van der Waals surface area contributed by atoms with E-state index >= 15 is 0 Å². The number of ether oxygens (including phenoxy) is 4. The highest BCUT2D eigenvalue weighted by Gasteiger charge is 2.52. The number of imidazole rings is 1. The zero-order valence-corrected chi connectivity index (χ0v) is 23.7. The summed E-state index contributed by atoms with van der Waals surface area (Å²) in [5.41, 5.74) is 7.77. The van der Waals surface area contributed by atoms with Crippen molar-refractivity contribution in [2.24, 2.45) is 5.92 Å². The number of aromatic nitrogens is 2. The van der Waals surface area contributed by atoms with Gasteiger partial charge in [-0.05, 0) is 23.6 Å². The Morgan fingerprint density at radius 3 is 2.44 bits per heavy atom. The molecule has 0 saturated carbocycles. The van der Waals surface area contributed by atoms with Crippen LogP contribution in [0.15, 0.2) is 48.7 Å². The zero-order chi connectivity index (χ0) is 30.9. The Balaban J connectivity index is 1.41. The van der Waals surface area contributed by atoms with Gasteiger partial charge in [0.25, 0.3) is 0 Å². The number of halogens is 3. The van der Waals surface area contributed by atoms with E-state index in [1.165, 1.54) is 19.2 Å². The van der Waals surface area contributed by atoms with Crippen molar-refractivity contribution < 1.29 is 41.7 Å². The highest BCUT2D eigenvalue weighted by atomic mass is 19.4. The molecule has 2 amide bonds. The molecule has 0 radical (unpaired) electrons. The first-order valence-electron chi connectivity index (χ1n) is 13.6. The van der Waals surface area contributed by atoms with Crippen LogP contribution >= 0.6 is 0 Å². The van der Waals surface area contributed by atoms with Gasteiger partial charge in [-0.3, -0.25) is 4.79 Å². The molecule has 230 valence electrons. The fraction of sp³-hybridized carbons (Fsp3) is 0.414. The number of aromatic amines is 1. The summed E-state index contributed by atoms with van der Waals surface area (Å²) in [4.78, 5) is 35.2. The summed E-state index contributed by atoms with van der Waals surface area (Å²) < 4.78 is 59.7. The lowest BCUT2D eigenvalue weighted by molar-refractivity contribution is -0.274. The third-order valence-electron chi connectivity index (χ3n) is 7.42. The van der Waals surface area contributed by atoms with Crippen LogP contribution in [0.2, 0.25) is 0 Å². The van der Waals surface area contributed by atoms with E-state index in [0.717, 1.165) is 6.07 Å². The number of nitrogens with one attached hydrogen (secondary N) is 2. The van der Waals surface area contributed by atoms with Crippen molar-refractivity contribution in [2.45, 2.75) is 44.5 Å². The molecule has 2 atom stereocenters. The van der Waals surface area contributed by atoms with Gasteiger partial charge in [0.2, 0.25) is 5.91 Å². The molecule has 2 aliphatic rings. The number of carbonyl (C=O) groups is 2. The molecule has 3 aromatic rings. The van der Waals surface area contributed by atoms with Crippen molar-refractivity contribution in [3.63, 3.8) is 0 Å². The van der Waals surface area contributed by atoms with Gasteiger partial charge in [0.1, 0.15) is 17.6 Å². The highest BCUT2D eigenvalue weighted by molar-refractivity contribution is 5.86. The Hall–Kier alpha value is -4.30. The second-order valence-corrected chi connectivity index (χ2v) is 10.7. The summed E-state index contributed by atoms with van der Waals surface area (Å²) in [6.45, 7) is 4.57. The van der Waals surface area contributed by atoms with Crippen LogP contribution in [0.5, 0.6) is 5.75 Å². The Kier molecular flexibility index (Phi) is 8.25. The average molecular weight is 604 g/mol. The molecule has 5 rings (SSSR count). The number of H-pyrrole nitrogens is 1. The maximum atomic E-state index is 13.8. The third-order valence-corrected chi connectivity index (χ3v) is 7.42. The van der Waals surface area contributed by atoms with E-state index in [1.807, 2.05) is 13.8 Å². The Labute approximate surface area is 245 Å². The lowest BCUT2D eigenvalue weighted by Crippen LogP contribution is -2.52. The number of hydrogen-bond donors (Lipinski definition) is 3. The summed E-state index contributed by atoms with van der Waals surface area (Å²) in [6, 6.07) is 9.45. The molecule has 11 nitrogen and oxygen atoms in total. The number of nitrogens with two attached hydrogens (primary N) is 1. The number of alkyl halides is 3. The fourth-order valence-electron chi connectivity index (χ4n) is 5.36. The standard InChI is InChI=1S/C29H32F3N5O6/c1-16(2)24(36-27(39)40-3)26(38)37-15-28(41-10-11-42-28)13-22(37)25-34-14-21(35-25)18-6-4-17(5-7-18)20-9-8-19(33)12-23(20)43-29(30,31)32/h4-9,12,14,16,22,24H,10-11,13,15,33H2,1-3H3,(H,34,35)(H,36,39)/t22-,24-/m0/s1. The van der Waals surface area contributed by atoms with Crippen LogP contribution in [-0.2, 0) is 19.0 Å². The normalized spacial score (nSPS) is 18.7. The van der Waals surface area contributed by atoms with Gasteiger partial charge in [-0.2, -0.15) is 0 Å². The Morgan fingerprint density at radius 1 is 1.14 bits per heavy atom. The van der Waals surface area contributed by atoms with Gasteiger partial charge in [-0.15, -0.1) is 13.2 Å². The predicted molar refractivity (Wildman–Crippen MR) is 148 cm³/mol. The number of carbonyl (C=O) groups excluding carboxylic acids is 2. The van der Waals surface area contributed by atoms with Crippen LogP contribution < -0.4 is 15.8 Å². The second-order valence-electron chi connectivity index (χ2n) is 10.7. The number of hydrogen-bond acceptors (Lipinski definition) is 8. The molecular formula is C29H32F3N5O6. The van der Waals surface area contributed by atoms with Gasteiger partial charge in [-0.1, -0.05) is 38.1 Å². The van der Waals surface area contributed by atoms with E-state index in [2.05, 4.69) is 15.0 Å².